The fourth-order valence-corrected chi connectivity index (χ4v) is 3.01. The van der Waals surface area contributed by atoms with Gasteiger partial charge < -0.3 is 9.47 Å². The molecule has 0 saturated heterocycles. The van der Waals surface area contributed by atoms with Gasteiger partial charge in [0.1, 0.15) is 0 Å². The van der Waals surface area contributed by atoms with Gasteiger partial charge in [-0.15, -0.1) is 0 Å². The molecule has 0 aromatic heterocycles. The maximum Gasteiger partial charge on any atom is 0.158 e. The van der Waals surface area contributed by atoms with Crippen molar-refractivity contribution in [3.63, 3.8) is 0 Å². The zero-order chi connectivity index (χ0) is 14.1. The molecule has 1 aromatic rings. The molecule has 108 valence electrons. The number of benzene rings is 1. The van der Waals surface area contributed by atoms with Crippen molar-refractivity contribution in [3.8, 4) is 0 Å². The normalized spacial score (nSPS) is 11.2. The van der Waals surface area contributed by atoms with Gasteiger partial charge in [-0.2, -0.15) is 11.8 Å². The van der Waals surface area contributed by atoms with E-state index in [-0.39, 0.29) is 6.29 Å². The molecule has 0 aliphatic carbocycles. The second kappa shape index (κ2) is 9.40. The van der Waals surface area contributed by atoms with Crippen molar-refractivity contribution >= 4 is 11.8 Å². The quantitative estimate of drug-likeness (QED) is 0.496. The van der Waals surface area contributed by atoms with Crippen molar-refractivity contribution in [2.24, 2.45) is 0 Å². The van der Waals surface area contributed by atoms with E-state index in [2.05, 4.69) is 32.0 Å². The van der Waals surface area contributed by atoms with Gasteiger partial charge in [0.15, 0.2) is 6.29 Å². The molecule has 0 amide bonds. The van der Waals surface area contributed by atoms with Crippen molar-refractivity contribution in [2.45, 2.75) is 46.2 Å². The number of aryl methyl sites for hydroxylation is 2. The second-order valence-corrected chi connectivity index (χ2v) is 5.78. The lowest BCUT2D eigenvalue weighted by atomic mass is 10.1. The molecule has 0 heterocycles. The Hall–Kier alpha value is -0.510. The van der Waals surface area contributed by atoms with Crippen LogP contribution in [-0.2, 0) is 15.2 Å². The first kappa shape index (κ1) is 16.5. The summed E-state index contributed by atoms with van der Waals surface area (Å²) in [4.78, 5) is 0. The van der Waals surface area contributed by atoms with Gasteiger partial charge in [0.05, 0.1) is 0 Å². The predicted molar refractivity (Wildman–Crippen MR) is 83.7 cm³/mol. The largest absolute Gasteiger partial charge is 0.353 e. The summed E-state index contributed by atoms with van der Waals surface area (Å²) in [7, 11) is 0. The predicted octanol–water partition coefficient (Wildman–Crippen LogP) is 4.33. The van der Waals surface area contributed by atoms with Crippen LogP contribution in [0.5, 0.6) is 0 Å². The van der Waals surface area contributed by atoms with Crippen molar-refractivity contribution in [1.82, 2.24) is 0 Å². The van der Waals surface area contributed by atoms with Crippen LogP contribution in [-0.4, -0.2) is 25.3 Å². The van der Waals surface area contributed by atoms with Crippen LogP contribution in [0.2, 0.25) is 0 Å². The third-order valence-electron chi connectivity index (χ3n) is 2.75. The lowest BCUT2D eigenvalue weighted by Crippen LogP contribution is -2.18. The van der Waals surface area contributed by atoms with Gasteiger partial charge in [-0.1, -0.05) is 29.3 Å². The van der Waals surface area contributed by atoms with Crippen LogP contribution in [0.15, 0.2) is 18.2 Å². The summed E-state index contributed by atoms with van der Waals surface area (Å²) in [6, 6.07) is 6.75. The Morgan fingerprint density at radius 2 is 1.58 bits per heavy atom. The Labute approximate surface area is 121 Å². The van der Waals surface area contributed by atoms with Crippen molar-refractivity contribution < 1.29 is 9.47 Å². The van der Waals surface area contributed by atoms with Crippen LogP contribution in [0.1, 0.15) is 37.0 Å². The van der Waals surface area contributed by atoms with E-state index in [1.165, 1.54) is 16.7 Å². The molecule has 0 unspecified atom stereocenters. The molecule has 0 saturated carbocycles. The maximum absolute atomic E-state index is 5.54. The van der Waals surface area contributed by atoms with E-state index in [4.69, 9.17) is 9.47 Å². The maximum atomic E-state index is 5.54. The minimum atomic E-state index is -0.0401. The highest BCUT2D eigenvalue weighted by atomic mass is 32.2. The van der Waals surface area contributed by atoms with E-state index in [1.807, 2.05) is 25.6 Å². The summed E-state index contributed by atoms with van der Waals surface area (Å²) in [5.41, 5.74) is 4.10. The summed E-state index contributed by atoms with van der Waals surface area (Å²) in [5, 5.41) is 0. The summed E-state index contributed by atoms with van der Waals surface area (Å²) >= 11 is 1.94. The van der Waals surface area contributed by atoms with Gasteiger partial charge in [0.25, 0.3) is 0 Å². The molecule has 0 aliphatic rings. The van der Waals surface area contributed by atoms with Gasteiger partial charge in [-0.25, -0.2) is 0 Å². The standard InChI is InChI=1S/C16H26O2S/c1-5-17-16(18-6-2)7-8-19-12-15-10-13(3)9-14(4)11-15/h9-11,16H,5-8,12H2,1-4H3. The molecule has 19 heavy (non-hydrogen) atoms. The van der Waals surface area contributed by atoms with Crippen LogP contribution < -0.4 is 0 Å². The third-order valence-corrected chi connectivity index (χ3v) is 3.82. The smallest absolute Gasteiger partial charge is 0.158 e. The number of hydrogen-bond donors (Lipinski definition) is 0. The molecule has 0 fully saturated rings. The Kier molecular flexibility index (Phi) is 8.19. The number of hydrogen-bond acceptors (Lipinski definition) is 3. The molecule has 0 N–H and O–H groups in total. The summed E-state index contributed by atoms with van der Waals surface area (Å²) < 4.78 is 11.1. The Bertz CT molecular complexity index is 340. The SMILES string of the molecule is CCOC(CCSCc1cc(C)cc(C)c1)OCC. The average molecular weight is 282 g/mol. The van der Waals surface area contributed by atoms with E-state index in [1.54, 1.807) is 0 Å². The lowest BCUT2D eigenvalue weighted by molar-refractivity contribution is -0.136. The molecular formula is C16H26O2S. The van der Waals surface area contributed by atoms with Gasteiger partial charge in [-0.05, 0) is 39.0 Å². The molecule has 2 nitrogen and oxygen atoms in total. The first-order valence-electron chi connectivity index (χ1n) is 7.03. The van der Waals surface area contributed by atoms with E-state index < -0.39 is 0 Å². The molecule has 3 heteroatoms. The van der Waals surface area contributed by atoms with Crippen LogP contribution >= 0.6 is 11.8 Å². The number of rotatable bonds is 9. The van der Waals surface area contributed by atoms with E-state index in [0.29, 0.717) is 13.2 Å². The Balaban J connectivity index is 2.29. The topological polar surface area (TPSA) is 18.5 Å². The lowest BCUT2D eigenvalue weighted by Gasteiger charge is -2.16. The zero-order valence-electron chi connectivity index (χ0n) is 12.6. The van der Waals surface area contributed by atoms with Crippen molar-refractivity contribution in [2.75, 3.05) is 19.0 Å². The first-order valence-corrected chi connectivity index (χ1v) is 8.19. The fourth-order valence-electron chi connectivity index (χ4n) is 2.11. The van der Waals surface area contributed by atoms with Crippen LogP contribution in [0.3, 0.4) is 0 Å². The molecule has 0 radical (unpaired) electrons. The van der Waals surface area contributed by atoms with E-state index in [0.717, 1.165) is 17.9 Å². The molecule has 0 bridgehead atoms. The molecule has 0 spiro atoms. The minimum Gasteiger partial charge on any atom is -0.353 e. The molecule has 1 aromatic carbocycles. The monoisotopic (exact) mass is 282 g/mol. The molecule has 0 aliphatic heterocycles. The summed E-state index contributed by atoms with van der Waals surface area (Å²) in [6.45, 7) is 9.75. The summed E-state index contributed by atoms with van der Waals surface area (Å²) in [6.07, 6.45) is 0.915. The van der Waals surface area contributed by atoms with Crippen LogP contribution in [0.25, 0.3) is 0 Å². The fraction of sp³-hybridized carbons (Fsp3) is 0.625. The van der Waals surface area contributed by atoms with Gasteiger partial charge in [0.2, 0.25) is 0 Å². The first-order chi connectivity index (χ1) is 9.15. The minimum absolute atomic E-state index is 0.0401. The van der Waals surface area contributed by atoms with Crippen molar-refractivity contribution in [1.29, 1.82) is 0 Å². The van der Waals surface area contributed by atoms with Crippen LogP contribution in [0, 0.1) is 13.8 Å². The Morgan fingerprint density at radius 1 is 1.00 bits per heavy atom. The number of ether oxygens (including phenoxy) is 2. The van der Waals surface area contributed by atoms with Gasteiger partial charge >= 0.3 is 0 Å². The molecule has 1 rings (SSSR count). The second-order valence-electron chi connectivity index (χ2n) is 4.68. The Morgan fingerprint density at radius 3 is 2.11 bits per heavy atom. The van der Waals surface area contributed by atoms with Crippen LogP contribution in [0.4, 0.5) is 0 Å². The van der Waals surface area contributed by atoms with Crippen molar-refractivity contribution in [3.05, 3.63) is 34.9 Å². The third kappa shape index (κ3) is 7.00. The molecular weight excluding hydrogens is 256 g/mol. The highest BCUT2D eigenvalue weighted by Gasteiger charge is 2.07. The van der Waals surface area contributed by atoms with E-state index in [9.17, 15) is 0 Å². The number of thioether (sulfide) groups is 1. The van der Waals surface area contributed by atoms with Gasteiger partial charge in [-0.3, -0.25) is 0 Å². The van der Waals surface area contributed by atoms with E-state index >= 15 is 0 Å². The van der Waals surface area contributed by atoms with Gasteiger partial charge in [0, 0.05) is 25.4 Å². The highest BCUT2D eigenvalue weighted by Crippen LogP contribution is 2.17. The molecule has 0 atom stereocenters. The zero-order valence-corrected chi connectivity index (χ0v) is 13.4. The summed E-state index contributed by atoms with van der Waals surface area (Å²) in [5.74, 6) is 2.13. The highest BCUT2D eigenvalue weighted by molar-refractivity contribution is 7.98. The average Bonchev–Trinajstić information content (AvgIpc) is 2.34.